The van der Waals surface area contributed by atoms with Gasteiger partial charge in [0.05, 0.1) is 27.2 Å². The number of aryl methyl sites for hydroxylation is 4. The van der Waals surface area contributed by atoms with Gasteiger partial charge in [0, 0.05) is 13.8 Å². The third kappa shape index (κ3) is 17.1. The summed E-state index contributed by atoms with van der Waals surface area (Å²) in [6.07, 6.45) is 13.6. The molecule has 0 aliphatic carbocycles. The molecule has 0 atom stereocenters. The van der Waals surface area contributed by atoms with E-state index in [1.165, 1.54) is 37.3 Å². The highest BCUT2D eigenvalue weighted by molar-refractivity contribution is 7.86. The molecule has 0 fully saturated rings. The van der Waals surface area contributed by atoms with E-state index in [1.54, 1.807) is 0 Å². The van der Waals surface area contributed by atoms with Gasteiger partial charge in [-0.3, -0.25) is 0 Å². The van der Waals surface area contributed by atoms with Crippen molar-refractivity contribution >= 4 is 17.4 Å². The first-order chi connectivity index (χ1) is 15.8. The van der Waals surface area contributed by atoms with Crippen molar-refractivity contribution in [3.63, 3.8) is 0 Å². The van der Waals surface area contributed by atoms with Crippen LogP contribution in [0.1, 0.15) is 51.2 Å². The van der Waals surface area contributed by atoms with Gasteiger partial charge in [0.1, 0.15) is 24.8 Å². The van der Waals surface area contributed by atoms with Crippen LogP contribution in [-0.4, -0.2) is 34.9 Å². The summed E-state index contributed by atoms with van der Waals surface area (Å²) >= 11 is 0. The fraction of sp³-hybridized carbons (Fsp3) is 0.684. The molecule has 35 heavy (non-hydrogen) atoms. The lowest BCUT2D eigenvalue weighted by Gasteiger charge is -2.08. The Morgan fingerprint density at radius 2 is 1.11 bits per heavy atom. The molecule has 0 aromatic carbocycles. The molecule has 2 heterocycles. The summed E-state index contributed by atoms with van der Waals surface area (Å²) < 4.78 is 107. The van der Waals surface area contributed by atoms with Crippen LogP contribution in [0.4, 0.5) is 30.4 Å². The number of aromatic nitrogens is 4. The number of hydrogen-bond donors (Lipinski definition) is 0. The van der Waals surface area contributed by atoms with Crippen molar-refractivity contribution in [3.8, 4) is 0 Å². The molecule has 0 saturated heterocycles. The van der Waals surface area contributed by atoms with Gasteiger partial charge in [0.15, 0.2) is 10.1 Å². The van der Waals surface area contributed by atoms with Crippen molar-refractivity contribution in [2.75, 3.05) is 0 Å². The molecule has 0 N–H and O–H groups in total. The van der Waals surface area contributed by atoms with E-state index in [1.807, 2.05) is 0 Å². The number of hydrogen-bond acceptors (Lipinski definition) is 3. The van der Waals surface area contributed by atoms with Gasteiger partial charge in [0.2, 0.25) is 0 Å². The smallest absolute Gasteiger partial charge is 0.673 e. The highest BCUT2D eigenvalue weighted by Crippen LogP contribution is 2.20. The monoisotopic (exact) mass is 542 g/mol. The van der Waals surface area contributed by atoms with E-state index < -0.39 is 22.9 Å². The Hall–Kier alpha value is -2.10. The van der Waals surface area contributed by atoms with E-state index in [9.17, 15) is 30.4 Å². The maximum Gasteiger partial charge on any atom is 0.673 e. The standard InChI is InChI=1S/2C9H17N2.CHF3O3S.BF4/c2*1-4-5-6-11-8-7-10(3)9(11)2;2-1(3,4)8(5,6)7;2-1(3,4)5/h2*7-8H,4-6H2,1-3H3;(H,5,6,7);/q2*+1;;-1/p-1. The first kappa shape index (κ1) is 35.1. The van der Waals surface area contributed by atoms with Gasteiger partial charge in [-0.05, 0) is 12.8 Å². The summed E-state index contributed by atoms with van der Waals surface area (Å²) in [4.78, 5) is 0. The summed E-state index contributed by atoms with van der Waals surface area (Å²) in [5.41, 5.74) is -5.65. The minimum Gasteiger partial charge on any atom is -0.741 e. The lowest BCUT2D eigenvalue weighted by Crippen LogP contribution is -2.29. The minimum absolute atomic E-state index is 1.16. The van der Waals surface area contributed by atoms with E-state index >= 15 is 0 Å². The van der Waals surface area contributed by atoms with Gasteiger partial charge < -0.3 is 21.8 Å². The highest BCUT2D eigenvalue weighted by Gasteiger charge is 2.36. The van der Waals surface area contributed by atoms with E-state index in [2.05, 4.69) is 84.8 Å². The number of nitrogens with zero attached hydrogens (tertiary/aromatic N) is 4. The molecule has 2 aromatic heterocycles. The van der Waals surface area contributed by atoms with Gasteiger partial charge in [-0.15, -0.1) is 0 Å². The molecule has 16 heteroatoms. The van der Waals surface area contributed by atoms with Crippen LogP contribution >= 0.6 is 0 Å². The van der Waals surface area contributed by atoms with Gasteiger partial charge in [-0.2, -0.15) is 13.2 Å². The molecule has 0 aliphatic heterocycles. The molecule has 2 aromatic rings. The Kier molecular flexibility index (Phi) is 15.8. The lowest BCUT2D eigenvalue weighted by molar-refractivity contribution is -0.677. The molecule has 0 aliphatic rings. The van der Waals surface area contributed by atoms with E-state index in [-0.39, 0.29) is 0 Å². The second kappa shape index (κ2) is 15.8. The number of unbranched alkanes of at least 4 members (excludes halogenated alkanes) is 2. The third-order valence-corrected chi connectivity index (χ3v) is 5.15. The Morgan fingerprint density at radius 1 is 0.857 bits per heavy atom. The molecule has 0 amide bonds. The van der Waals surface area contributed by atoms with Crippen LogP contribution in [0.25, 0.3) is 0 Å². The quantitative estimate of drug-likeness (QED) is 0.181. The van der Waals surface area contributed by atoms with Crippen molar-refractivity contribution in [1.82, 2.24) is 9.13 Å². The summed E-state index contributed by atoms with van der Waals surface area (Å²) in [7, 11) is -7.93. The molecule has 0 unspecified atom stereocenters. The van der Waals surface area contributed by atoms with Gasteiger partial charge in [-0.25, -0.2) is 26.7 Å². The van der Waals surface area contributed by atoms with E-state index in [0.717, 1.165) is 13.1 Å². The van der Waals surface area contributed by atoms with Crippen LogP contribution in [0, 0.1) is 13.8 Å². The molecule has 2 rings (SSSR count). The minimum atomic E-state index is -6.09. The predicted octanol–water partition coefficient (Wildman–Crippen LogP) is 4.19. The number of alkyl halides is 3. The fourth-order valence-electron chi connectivity index (χ4n) is 2.33. The second-order valence-corrected chi connectivity index (χ2v) is 8.77. The Balaban J connectivity index is 0. The van der Waals surface area contributed by atoms with Crippen LogP contribution < -0.4 is 9.13 Å². The summed E-state index contributed by atoms with van der Waals surface area (Å²) in [5, 5.41) is 0. The highest BCUT2D eigenvalue weighted by atomic mass is 32.2. The summed E-state index contributed by atoms with van der Waals surface area (Å²) in [5.74, 6) is 2.66. The van der Waals surface area contributed by atoms with Crippen LogP contribution in [0.15, 0.2) is 24.8 Å². The van der Waals surface area contributed by atoms with E-state index in [4.69, 9.17) is 13.0 Å². The fourth-order valence-corrected chi connectivity index (χ4v) is 2.33. The average Bonchev–Trinajstić information content (AvgIpc) is 3.18. The molecule has 0 spiro atoms. The zero-order valence-corrected chi connectivity index (χ0v) is 21.5. The zero-order valence-electron chi connectivity index (χ0n) is 20.7. The van der Waals surface area contributed by atoms with Crippen LogP contribution in [0.5, 0.6) is 0 Å². The van der Waals surface area contributed by atoms with Crippen molar-refractivity contribution in [2.45, 2.75) is 72.0 Å². The van der Waals surface area contributed by atoms with Gasteiger partial charge in [0.25, 0.3) is 11.6 Å². The SMILES string of the molecule is CCCCn1cc[n+](C)c1C.CCCCn1cc[n+](C)c1C.F[B-](F)(F)F.O=S(=O)([O-])C(F)(F)F. The molecule has 0 bridgehead atoms. The molecular weight excluding hydrogens is 508 g/mol. The third-order valence-electron chi connectivity index (χ3n) is 4.58. The Labute approximate surface area is 202 Å². The first-order valence-electron chi connectivity index (χ1n) is 10.7. The van der Waals surface area contributed by atoms with Crippen LogP contribution in [-0.2, 0) is 37.3 Å². The number of rotatable bonds is 6. The summed E-state index contributed by atoms with van der Waals surface area (Å²) in [6.45, 7) is 11.1. The van der Waals surface area contributed by atoms with Gasteiger partial charge >= 0.3 is 12.8 Å². The predicted molar refractivity (Wildman–Crippen MR) is 116 cm³/mol. The Morgan fingerprint density at radius 3 is 1.26 bits per heavy atom. The van der Waals surface area contributed by atoms with Crippen molar-refractivity contribution in [3.05, 3.63) is 36.4 Å². The number of imidazole rings is 2. The van der Waals surface area contributed by atoms with Crippen molar-refractivity contribution in [2.24, 2.45) is 14.1 Å². The summed E-state index contributed by atoms with van der Waals surface area (Å²) in [6, 6.07) is 0. The maximum absolute atomic E-state index is 10.7. The molecule has 206 valence electrons. The first-order valence-corrected chi connectivity index (χ1v) is 12.1. The van der Waals surface area contributed by atoms with Crippen molar-refractivity contribution < 1.29 is 52.5 Å². The van der Waals surface area contributed by atoms with Crippen LogP contribution in [0.2, 0.25) is 0 Å². The average molecular weight is 542 g/mol. The molecule has 0 saturated carbocycles. The molecule has 7 nitrogen and oxygen atoms in total. The lowest BCUT2D eigenvalue weighted by atomic mass is 10.3. The normalized spacial score (nSPS) is 11.5. The molecular formula is C19H34BF7N4O3S. The zero-order chi connectivity index (χ0) is 28.0. The molecule has 0 radical (unpaired) electrons. The van der Waals surface area contributed by atoms with Gasteiger partial charge in [-0.1, -0.05) is 26.7 Å². The number of halogens is 7. The second-order valence-electron chi connectivity index (χ2n) is 7.40. The van der Waals surface area contributed by atoms with Crippen LogP contribution in [0.3, 0.4) is 0 Å². The Bertz CT molecular complexity index is 903. The maximum atomic E-state index is 10.7. The topological polar surface area (TPSA) is 74.8 Å². The largest absolute Gasteiger partial charge is 0.741 e. The van der Waals surface area contributed by atoms with E-state index in [0.29, 0.717) is 0 Å². The van der Waals surface area contributed by atoms with Crippen molar-refractivity contribution in [1.29, 1.82) is 0 Å².